The minimum absolute atomic E-state index is 0.102. The van der Waals surface area contributed by atoms with Crippen LogP contribution in [0.25, 0.3) is 16.7 Å². The molecule has 11 nitrogen and oxygen atoms in total. The monoisotopic (exact) mass is 552 g/mol. The van der Waals surface area contributed by atoms with Gasteiger partial charge < -0.3 is 19.7 Å². The van der Waals surface area contributed by atoms with E-state index in [1.165, 1.54) is 16.9 Å². The Balaban J connectivity index is 1.19. The molecule has 0 bridgehead atoms. The van der Waals surface area contributed by atoms with Gasteiger partial charge in [0.1, 0.15) is 0 Å². The number of morpholine rings is 1. The zero-order valence-corrected chi connectivity index (χ0v) is 21.7. The lowest BCUT2D eigenvalue weighted by molar-refractivity contribution is 0.0950. The van der Waals surface area contributed by atoms with Gasteiger partial charge >= 0.3 is 0 Å². The van der Waals surface area contributed by atoms with Crippen LogP contribution in [0.2, 0.25) is 0 Å². The number of hydrogen-bond donors (Lipinski definition) is 1. The molecular formula is C26H25FN6O5S. The van der Waals surface area contributed by atoms with Gasteiger partial charge in [0.2, 0.25) is 0 Å². The average Bonchev–Trinajstić information content (AvgIpc) is 3.28. The van der Waals surface area contributed by atoms with Crippen LogP contribution in [0, 0.1) is 5.82 Å². The van der Waals surface area contributed by atoms with E-state index in [9.17, 15) is 17.6 Å². The predicted molar refractivity (Wildman–Crippen MR) is 139 cm³/mol. The van der Waals surface area contributed by atoms with Crippen LogP contribution >= 0.6 is 0 Å². The molecule has 3 aromatic heterocycles. The maximum atomic E-state index is 14.6. The van der Waals surface area contributed by atoms with E-state index in [0.717, 1.165) is 5.39 Å². The highest BCUT2D eigenvalue weighted by molar-refractivity contribution is 7.91. The molecule has 0 radical (unpaired) electrons. The Bertz CT molecular complexity index is 1670. The largest absolute Gasteiger partial charge is 0.378 e. The van der Waals surface area contributed by atoms with Gasteiger partial charge in [-0.15, -0.1) is 5.10 Å². The smallest absolute Gasteiger partial charge is 0.251 e. The van der Waals surface area contributed by atoms with Gasteiger partial charge in [-0.1, -0.05) is 6.07 Å². The van der Waals surface area contributed by atoms with Gasteiger partial charge in [0, 0.05) is 30.2 Å². The fraction of sp³-hybridized carbons (Fsp3) is 0.308. The molecular weight excluding hydrogens is 527 g/mol. The third kappa shape index (κ3) is 5.20. The first-order valence-electron chi connectivity index (χ1n) is 12.4. The number of carbonyl (C=O) groups is 1. The van der Waals surface area contributed by atoms with Gasteiger partial charge in [-0.05, 0) is 35.9 Å². The molecule has 2 aliphatic heterocycles. The average molecular weight is 553 g/mol. The molecule has 4 aromatic rings. The van der Waals surface area contributed by atoms with E-state index in [4.69, 9.17) is 9.47 Å². The number of carbonyl (C=O) groups excluding carboxylic acids is 1. The van der Waals surface area contributed by atoms with Crippen molar-refractivity contribution in [1.29, 1.82) is 0 Å². The summed E-state index contributed by atoms with van der Waals surface area (Å²) < 4.78 is 51.8. The highest BCUT2D eigenvalue weighted by atomic mass is 32.2. The van der Waals surface area contributed by atoms with Crippen molar-refractivity contribution < 1.29 is 27.1 Å². The van der Waals surface area contributed by atoms with Crippen molar-refractivity contribution in [2.75, 3.05) is 43.6 Å². The number of hydrogen-bond acceptors (Lipinski definition) is 9. The molecule has 0 saturated carbocycles. The Kier molecular flexibility index (Phi) is 6.71. The van der Waals surface area contributed by atoms with E-state index in [1.54, 1.807) is 30.5 Å². The molecule has 1 saturated heterocycles. The number of nitrogens with zero attached hydrogens (tertiary/aromatic N) is 5. The van der Waals surface area contributed by atoms with Crippen LogP contribution in [0.1, 0.15) is 21.6 Å². The van der Waals surface area contributed by atoms with Gasteiger partial charge in [0.25, 0.3) is 5.91 Å². The topological polar surface area (TPSA) is 129 Å². The van der Waals surface area contributed by atoms with Crippen LogP contribution in [-0.4, -0.2) is 72.7 Å². The van der Waals surface area contributed by atoms with Gasteiger partial charge in [0.15, 0.2) is 27.3 Å². The molecule has 6 rings (SSSR count). The second kappa shape index (κ2) is 10.3. The minimum Gasteiger partial charge on any atom is -0.378 e. The predicted octanol–water partition coefficient (Wildman–Crippen LogP) is 2.03. The van der Waals surface area contributed by atoms with Crippen molar-refractivity contribution in [3.63, 3.8) is 0 Å². The zero-order valence-electron chi connectivity index (χ0n) is 20.8. The van der Waals surface area contributed by atoms with Gasteiger partial charge in [-0.3, -0.25) is 9.78 Å². The Labute approximate surface area is 223 Å². The van der Waals surface area contributed by atoms with Crippen LogP contribution in [0.3, 0.4) is 0 Å². The minimum atomic E-state index is -3.53. The Morgan fingerprint density at radius 1 is 1.08 bits per heavy atom. The molecule has 1 N–H and O–H groups in total. The number of halogens is 1. The van der Waals surface area contributed by atoms with Crippen molar-refractivity contribution >= 4 is 32.5 Å². The summed E-state index contributed by atoms with van der Waals surface area (Å²) in [7, 11) is -3.53. The van der Waals surface area contributed by atoms with Crippen LogP contribution in [-0.2, 0) is 32.5 Å². The Morgan fingerprint density at radius 2 is 1.92 bits per heavy atom. The number of amides is 1. The van der Waals surface area contributed by atoms with Crippen LogP contribution < -0.4 is 10.2 Å². The third-order valence-electron chi connectivity index (χ3n) is 6.66. The molecule has 1 amide bonds. The second-order valence-electron chi connectivity index (χ2n) is 9.26. The summed E-state index contributed by atoms with van der Waals surface area (Å²) in [5.74, 6) is -0.283. The summed E-state index contributed by atoms with van der Waals surface area (Å²) >= 11 is 0. The third-order valence-corrected chi connectivity index (χ3v) is 8.42. The fourth-order valence-corrected chi connectivity index (χ4v) is 5.95. The molecule has 0 atom stereocenters. The molecule has 0 aliphatic carbocycles. The lowest BCUT2D eigenvalue weighted by atomic mass is 10.1. The van der Waals surface area contributed by atoms with Gasteiger partial charge in [0.05, 0.1) is 61.0 Å². The van der Waals surface area contributed by atoms with E-state index in [-0.39, 0.29) is 41.8 Å². The van der Waals surface area contributed by atoms with Crippen LogP contribution in [0.4, 0.5) is 10.2 Å². The fourth-order valence-electron chi connectivity index (χ4n) is 4.56. The standard InChI is InChI=1S/C26H25FN6O5S/c27-21-15-33(31-25(21)32-5-7-37-8-6-32)24-4-3-18-13-28-20(12-22(18)30-24)14-29-26(34)17-1-2-19-16-38-9-10-39(35,36)23(19)11-17/h1-4,11-13,15H,5-10,14,16H2,(H,29,34). The Morgan fingerprint density at radius 3 is 2.77 bits per heavy atom. The van der Waals surface area contributed by atoms with Crippen molar-refractivity contribution in [1.82, 2.24) is 25.1 Å². The quantitative estimate of drug-likeness (QED) is 0.395. The van der Waals surface area contributed by atoms with Crippen molar-refractivity contribution in [2.24, 2.45) is 0 Å². The number of ether oxygens (including phenoxy) is 2. The first kappa shape index (κ1) is 25.3. The molecule has 5 heterocycles. The highest BCUT2D eigenvalue weighted by Crippen LogP contribution is 2.24. The number of benzene rings is 1. The van der Waals surface area contributed by atoms with Gasteiger partial charge in [-0.2, -0.15) is 0 Å². The van der Waals surface area contributed by atoms with Crippen molar-refractivity contribution in [2.45, 2.75) is 18.0 Å². The number of nitrogens with one attached hydrogen (secondary N) is 1. The van der Waals surface area contributed by atoms with Crippen molar-refractivity contribution in [3.05, 3.63) is 71.4 Å². The molecule has 202 valence electrons. The van der Waals surface area contributed by atoms with E-state index < -0.39 is 21.6 Å². The summed E-state index contributed by atoms with van der Waals surface area (Å²) in [5.41, 5.74) is 1.93. The molecule has 2 aliphatic rings. The first-order chi connectivity index (χ1) is 18.9. The van der Waals surface area contributed by atoms with Crippen LogP contribution in [0.5, 0.6) is 0 Å². The number of aromatic nitrogens is 4. The summed E-state index contributed by atoms with van der Waals surface area (Å²) in [6.07, 6.45) is 2.94. The maximum absolute atomic E-state index is 14.6. The lowest BCUT2D eigenvalue weighted by Gasteiger charge is -2.26. The normalized spacial score (nSPS) is 17.0. The number of rotatable bonds is 5. The summed E-state index contributed by atoms with van der Waals surface area (Å²) in [6.45, 7) is 2.58. The summed E-state index contributed by atoms with van der Waals surface area (Å²) in [6, 6.07) is 9.87. The second-order valence-corrected chi connectivity index (χ2v) is 11.3. The first-order valence-corrected chi connectivity index (χ1v) is 14.1. The number of fused-ring (bicyclic) bond motifs is 2. The van der Waals surface area contributed by atoms with Crippen molar-refractivity contribution in [3.8, 4) is 5.82 Å². The molecule has 13 heteroatoms. The lowest BCUT2D eigenvalue weighted by Crippen LogP contribution is -2.37. The summed E-state index contributed by atoms with van der Waals surface area (Å²) in [5, 5.41) is 7.96. The van der Waals surface area contributed by atoms with E-state index in [2.05, 4.69) is 20.4 Å². The number of pyridine rings is 2. The SMILES string of the molecule is O=C(NCc1cc2nc(-n3cc(F)c(N4CCOCC4)n3)ccc2cn1)c1ccc2c(c1)S(=O)(=O)CCOC2. The highest BCUT2D eigenvalue weighted by Gasteiger charge is 2.24. The molecule has 0 unspecified atom stereocenters. The zero-order chi connectivity index (χ0) is 27.0. The maximum Gasteiger partial charge on any atom is 0.251 e. The van der Waals surface area contributed by atoms with Crippen LogP contribution in [0.15, 0.2) is 53.7 Å². The molecule has 39 heavy (non-hydrogen) atoms. The van der Waals surface area contributed by atoms with E-state index >= 15 is 0 Å². The number of sulfone groups is 1. The number of anilines is 1. The summed E-state index contributed by atoms with van der Waals surface area (Å²) in [4.78, 5) is 23.8. The van der Waals surface area contributed by atoms with Gasteiger partial charge in [-0.25, -0.2) is 22.5 Å². The molecule has 0 spiro atoms. The molecule has 1 fully saturated rings. The molecule has 1 aromatic carbocycles. The van der Waals surface area contributed by atoms with E-state index in [1.807, 2.05) is 11.0 Å². The Hall–Kier alpha value is -3.94. The van der Waals surface area contributed by atoms with E-state index in [0.29, 0.717) is 48.9 Å².